The van der Waals surface area contributed by atoms with E-state index in [0.29, 0.717) is 12.1 Å². The lowest BCUT2D eigenvalue weighted by Gasteiger charge is -2.21. The molecule has 1 aromatic heterocycles. The summed E-state index contributed by atoms with van der Waals surface area (Å²) >= 11 is 5.39. The van der Waals surface area contributed by atoms with E-state index in [4.69, 9.17) is 11.6 Å². The molecular formula is C18H12ClF4N3O. The van der Waals surface area contributed by atoms with E-state index in [2.05, 4.69) is 10.2 Å². The lowest BCUT2D eigenvalue weighted by atomic mass is 10.0. The van der Waals surface area contributed by atoms with E-state index in [1.165, 1.54) is 19.2 Å². The maximum Gasteiger partial charge on any atom is 0.261 e. The van der Waals surface area contributed by atoms with E-state index in [0.717, 1.165) is 11.1 Å². The number of amides is 1. The first-order chi connectivity index (χ1) is 12.8. The topological polar surface area (TPSA) is 49.0 Å². The highest BCUT2D eigenvalue weighted by Gasteiger charge is 2.25. The first-order valence-electron chi connectivity index (χ1n) is 7.64. The molecule has 0 aliphatic heterocycles. The second kappa shape index (κ2) is 7.40. The van der Waals surface area contributed by atoms with Gasteiger partial charge in [-0.15, -0.1) is 0 Å². The number of carbonyl (C=O) groups is 1. The smallest absolute Gasteiger partial charge is 0.261 e. The van der Waals surface area contributed by atoms with Crippen LogP contribution in [0.2, 0.25) is 0 Å². The Morgan fingerprint density at radius 3 is 2.48 bits per heavy atom. The zero-order valence-corrected chi connectivity index (χ0v) is 14.6. The number of para-hydroxylation sites is 1. The summed E-state index contributed by atoms with van der Waals surface area (Å²) in [6.07, 6.45) is 1.11. The number of aromatic nitrogens is 2. The fraction of sp³-hybridized carbons (Fsp3) is 0.111. The van der Waals surface area contributed by atoms with Crippen LogP contribution in [0.5, 0.6) is 0 Å². The molecule has 1 unspecified atom stereocenters. The van der Waals surface area contributed by atoms with Gasteiger partial charge in [-0.05, 0) is 12.1 Å². The van der Waals surface area contributed by atoms with Crippen LogP contribution in [-0.4, -0.2) is 23.2 Å². The molecule has 0 aliphatic rings. The summed E-state index contributed by atoms with van der Waals surface area (Å²) in [5.41, 5.74) is -2.18. The average Bonchev–Trinajstić information content (AvgIpc) is 3.13. The number of nitrogens with zero attached hydrogens (tertiary/aromatic N) is 2. The van der Waals surface area contributed by atoms with Crippen molar-refractivity contribution in [1.82, 2.24) is 10.2 Å². The lowest BCUT2D eigenvalue weighted by molar-refractivity contribution is 0.0991. The van der Waals surface area contributed by atoms with Crippen molar-refractivity contribution in [3.8, 4) is 11.1 Å². The Hall–Kier alpha value is -2.87. The summed E-state index contributed by atoms with van der Waals surface area (Å²) < 4.78 is 54.5. The molecule has 9 heteroatoms. The minimum Gasteiger partial charge on any atom is -0.311 e. The molecule has 0 saturated heterocycles. The van der Waals surface area contributed by atoms with Crippen LogP contribution in [0.3, 0.4) is 0 Å². The monoisotopic (exact) mass is 397 g/mol. The summed E-state index contributed by atoms with van der Waals surface area (Å²) in [7, 11) is 1.37. The molecule has 2 aromatic carbocycles. The number of alkyl halides is 2. The van der Waals surface area contributed by atoms with Gasteiger partial charge in [0.2, 0.25) is 5.63 Å². The highest BCUT2D eigenvalue weighted by Crippen LogP contribution is 2.34. The summed E-state index contributed by atoms with van der Waals surface area (Å²) in [5, 5.41) is 5.91. The van der Waals surface area contributed by atoms with Gasteiger partial charge in [0.05, 0.1) is 23.1 Å². The quantitative estimate of drug-likeness (QED) is 0.383. The molecule has 1 N–H and O–H groups in total. The standard InChI is InChI=1S/C18H12ClF4N3O/c1-26(18(27)11-8-24-25-16(11)17(19)23)15-5-3-2-4-9(15)10-6-13(21)14(22)7-12(10)20/h2-8,17H,1H3,(H,24,25). The molecule has 27 heavy (non-hydrogen) atoms. The predicted molar refractivity (Wildman–Crippen MR) is 92.8 cm³/mol. The Balaban J connectivity index is 2.07. The van der Waals surface area contributed by atoms with Crippen molar-refractivity contribution in [2.45, 2.75) is 5.63 Å². The highest BCUT2D eigenvalue weighted by molar-refractivity contribution is 6.20. The molecule has 1 amide bonds. The van der Waals surface area contributed by atoms with E-state index >= 15 is 0 Å². The molecule has 3 rings (SSSR count). The number of hydrogen-bond donors (Lipinski definition) is 1. The van der Waals surface area contributed by atoms with Gasteiger partial charge >= 0.3 is 0 Å². The summed E-state index contributed by atoms with van der Waals surface area (Å²) in [6.45, 7) is 0. The van der Waals surface area contributed by atoms with Crippen LogP contribution in [0.25, 0.3) is 11.1 Å². The predicted octanol–water partition coefficient (Wildman–Crippen LogP) is 4.98. The number of benzene rings is 2. The highest BCUT2D eigenvalue weighted by atomic mass is 35.5. The van der Waals surface area contributed by atoms with Crippen molar-refractivity contribution in [3.05, 3.63) is 71.3 Å². The number of anilines is 1. The maximum absolute atomic E-state index is 14.2. The van der Waals surface area contributed by atoms with Crippen LogP contribution >= 0.6 is 11.6 Å². The van der Waals surface area contributed by atoms with E-state index in [-0.39, 0.29) is 28.1 Å². The molecule has 0 fully saturated rings. The normalized spacial score (nSPS) is 12.1. The van der Waals surface area contributed by atoms with Crippen LogP contribution in [0, 0.1) is 17.5 Å². The minimum absolute atomic E-state index is 0.111. The van der Waals surface area contributed by atoms with Crippen molar-refractivity contribution < 1.29 is 22.4 Å². The second-order valence-electron chi connectivity index (χ2n) is 5.63. The first kappa shape index (κ1) is 18.9. The minimum atomic E-state index is -1.97. The van der Waals surface area contributed by atoms with Crippen LogP contribution in [0.4, 0.5) is 23.2 Å². The SMILES string of the molecule is CN(C(=O)c1cn[nH]c1C(F)Cl)c1ccccc1-c1cc(F)c(F)cc1F. The molecule has 0 aliphatic carbocycles. The Labute approximate surface area is 156 Å². The van der Waals surface area contributed by atoms with Crippen LogP contribution < -0.4 is 4.90 Å². The number of rotatable bonds is 4. The molecule has 0 spiro atoms. The summed E-state index contributed by atoms with van der Waals surface area (Å²) in [6, 6.07) is 7.21. The second-order valence-corrected chi connectivity index (χ2v) is 6.01. The van der Waals surface area contributed by atoms with Gasteiger partial charge in [-0.25, -0.2) is 17.6 Å². The van der Waals surface area contributed by atoms with Crippen LogP contribution in [-0.2, 0) is 0 Å². The number of aromatic amines is 1. The Morgan fingerprint density at radius 1 is 1.11 bits per heavy atom. The Morgan fingerprint density at radius 2 is 1.78 bits per heavy atom. The first-order valence-corrected chi connectivity index (χ1v) is 8.08. The Bertz CT molecular complexity index is 1010. The van der Waals surface area contributed by atoms with Gasteiger partial charge in [0.25, 0.3) is 5.91 Å². The largest absolute Gasteiger partial charge is 0.311 e. The molecule has 0 bridgehead atoms. The molecule has 1 atom stereocenters. The summed E-state index contributed by atoms with van der Waals surface area (Å²) in [5.74, 6) is -4.21. The average molecular weight is 398 g/mol. The molecule has 3 aromatic rings. The third-order valence-electron chi connectivity index (χ3n) is 3.99. The van der Waals surface area contributed by atoms with E-state index in [1.807, 2.05) is 0 Å². The number of nitrogens with one attached hydrogen (secondary N) is 1. The zero-order chi connectivity index (χ0) is 19.7. The fourth-order valence-electron chi connectivity index (χ4n) is 2.65. The van der Waals surface area contributed by atoms with Gasteiger partial charge in [-0.1, -0.05) is 29.8 Å². The van der Waals surface area contributed by atoms with E-state index in [1.54, 1.807) is 12.1 Å². The van der Waals surface area contributed by atoms with E-state index in [9.17, 15) is 22.4 Å². The maximum atomic E-state index is 14.2. The lowest BCUT2D eigenvalue weighted by Crippen LogP contribution is -2.27. The van der Waals surface area contributed by atoms with Crippen molar-refractivity contribution >= 4 is 23.2 Å². The Kier molecular flexibility index (Phi) is 5.18. The van der Waals surface area contributed by atoms with Crippen molar-refractivity contribution in [3.63, 3.8) is 0 Å². The molecule has 0 radical (unpaired) electrons. The van der Waals surface area contributed by atoms with Gasteiger partial charge in [-0.3, -0.25) is 9.89 Å². The number of hydrogen-bond acceptors (Lipinski definition) is 2. The molecule has 4 nitrogen and oxygen atoms in total. The van der Waals surface area contributed by atoms with Gasteiger partial charge in [0.1, 0.15) is 5.82 Å². The van der Waals surface area contributed by atoms with Crippen LogP contribution in [0.1, 0.15) is 21.7 Å². The number of carbonyl (C=O) groups excluding carboxylic acids is 1. The van der Waals surface area contributed by atoms with Crippen molar-refractivity contribution in [1.29, 1.82) is 0 Å². The fourth-order valence-corrected chi connectivity index (χ4v) is 2.81. The van der Waals surface area contributed by atoms with Crippen molar-refractivity contribution in [2.75, 3.05) is 11.9 Å². The van der Waals surface area contributed by atoms with Crippen LogP contribution in [0.15, 0.2) is 42.6 Å². The van der Waals surface area contributed by atoms with Crippen molar-refractivity contribution in [2.24, 2.45) is 0 Å². The third kappa shape index (κ3) is 3.52. The zero-order valence-electron chi connectivity index (χ0n) is 13.8. The van der Waals surface area contributed by atoms with E-state index < -0.39 is 29.0 Å². The summed E-state index contributed by atoms with van der Waals surface area (Å²) in [4.78, 5) is 13.8. The number of H-pyrrole nitrogens is 1. The van der Waals surface area contributed by atoms with Gasteiger partial charge in [0.15, 0.2) is 11.6 Å². The molecule has 0 saturated carbocycles. The molecule has 140 valence electrons. The van der Waals surface area contributed by atoms with Gasteiger partial charge < -0.3 is 4.90 Å². The third-order valence-corrected chi connectivity index (χ3v) is 4.21. The van der Waals surface area contributed by atoms with Gasteiger partial charge in [-0.2, -0.15) is 5.10 Å². The number of halogens is 5. The molecule has 1 heterocycles. The van der Waals surface area contributed by atoms with Gasteiger partial charge in [0, 0.05) is 24.2 Å². The molecular weight excluding hydrogens is 386 g/mol.